The third-order valence-corrected chi connectivity index (χ3v) is 7.54. The van der Waals surface area contributed by atoms with Gasteiger partial charge in [0.15, 0.2) is 6.61 Å². The highest BCUT2D eigenvalue weighted by atomic mass is 35.5. The minimum Gasteiger partial charge on any atom is -0.483 e. The van der Waals surface area contributed by atoms with Crippen LogP contribution in [0.15, 0.2) is 18.2 Å². The number of hydrogen-bond acceptors (Lipinski definition) is 5. The molecule has 5 aliphatic rings. The first-order valence-corrected chi connectivity index (χ1v) is 11.6. The molecule has 1 aromatic carbocycles. The molecule has 2 amide bonds. The summed E-state index contributed by atoms with van der Waals surface area (Å²) in [5.74, 6) is 0.831. The van der Waals surface area contributed by atoms with E-state index in [0.29, 0.717) is 30.6 Å². The monoisotopic (exact) mass is 448 g/mol. The van der Waals surface area contributed by atoms with Crippen molar-refractivity contribution in [1.82, 2.24) is 10.2 Å². The van der Waals surface area contributed by atoms with E-state index in [0.717, 1.165) is 37.0 Å². The van der Waals surface area contributed by atoms with Crippen molar-refractivity contribution >= 4 is 23.4 Å². The molecular formula is C23H29ClN2O5. The van der Waals surface area contributed by atoms with Gasteiger partial charge in [0, 0.05) is 11.1 Å². The van der Waals surface area contributed by atoms with Crippen LogP contribution >= 0.6 is 11.6 Å². The molecule has 1 saturated carbocycles. The molecule has 4 aliphatic heterocycles. The molecule has 168 valence electrons. The molecule has 3 fully saturated rings. The lowest BCUT2D eigenvalue weighted by molar-refractivity contribution is -0.145. The predicted octanol–water partition coefficient (Wildman–Crippen LogP) is 2.65. The van der Waals surface area contributed by atoms with Gasteiger partial charge in [-0.1, -0.05) is 11.6 Å². The van der Waals surface area contributed by atoms with E-state index in [4.69, 9.17) is 25.8 Å². The third kappa shape index (κ3) is 3.92. The van der Waals surface area contributed by atoms with Gasteiger partial charge < -0.3 is 24.4 Å². The number of nitrogens with one attached hydrogen (secondary N) is 1. The Morgan fingerprint density at radius 1 is 1.16 bits per heavy atom. The number of morpholine rings is 1. The van der Waals surface area contributed by atoms with E-state index in [2.05, 4.69) is 5.32 Å². The van der Waals surface area contributed by atoms with Crippen molar-refractivity contribution in [2.45, 2.75) is 68.7 Å². The van der Waals surface area contributed by atoms with Crippen LogP contribution in [0.25, 0.3) is 0 Å². The first-order chi connectivity index (χ1) is 14.9. The number of carbonyl (C=O) groups is 2. The van der Waals surface area contributed by atoms with Gasteiger partial charge in [-0.25, -0.2) is 0 Å². The molecule has 2 saturated heterocycles. The van der Waals surface area contributed by atoms with E-state index in [1.807, 2.05) is 30.0 Å². The molecule has 1 aromatic rings. The zero-order valence-corrected chi connectivity index (χ0v) is 18.5. The summed E-state index contributed by atoms with van der Waals surface area (Å²) in [6.07, 6.45) is 4.66. The third-order valence-electron chi connectivity index (χ3n) is 7.30. The molecule has 7 nitrogen and oxygen atoms in total. The van der Waals surface area contributed by atoms with Crippen LogP contribution in [-0.2, 0) is 19.1 Å². The minimum atomic E-state index is -0.618. The van der Waals surface area contributed by atoms with Gasteiger partial charge in [0.05, 0.1) is 30.9 Å². The molecule has 0 radical (unpaired) electrons. The number of carbonyl (C=O) groups excluding carboxylic acids is 2. The molecule has 1 aliphatic carbocycles. The summed E-state index contributed by atoms with van der Waals surface area (Å²) in [4.78, 5) is 27.4. The summed E-state index contributed by atoms with van der Waals surface area (Å²) >= 11 is 6.28. The molecule has 8 heteroatoms. The Bertz CT molecular complexity index is 872. The van der Waals surface area contributed by atoms with Crippen molar-refractivity contribution < 1.29 is 23.8 Å². The number of nitrogens with zero attached hydrogens (tertiary/aromatic N) is 1. The van der Waals surface area contributed by atoms with Crippen molar-refractivity contribution in [3.8, 4) is 5.75 Å². The Hall–Kier alpha value is -1.83. The van der Waals surface area contributed by atoms with Crippen LogP contribution in [0.4, 0.5) is 0 Å². The molecule has 3 atom stereocenters. The van der Waals surface area contributed by atoms with Crippen molar-refractivity contribution in [3.63, 3.8) is 0 Å². The predicted molar refractivity (Wildman–Crippen MR) is 114 cm³/mol. The number of fused-ring (bicyclic) bond motifs is 5. The maximum atomic E-state index is 13.3. The zero-order valence-electron chi connectivity index (χ0n) is 17.8. The van der Waals surface area contributed by atoms with Crippen molar-refractivity contribution in [2.24, 2.45) is 0 Å². The lowest BCUT2D eigenvalue weighted by Crippen LogP contribution is -2.65. The molecule has 2 bridgehead atoms. The topological polar surface area (TPSA) is 77.1 Å². The molecule has 1 N–H and O–H groups in total. The van der Waals surface area contributed by atoms with Crippen LogP contribution in [0.5, 0.6) is 5.75 Å². The Morgan fingerprint density at radius 3 is 2.74 bits per heavy atom. The first kappa shape index (κ1) is 21.0. The molecule has 4 heterocycles. The summed E-state index contributed by atoms with van der Waals surface area (Å²) in [6.45, 7) is 2.78. The van der Waals surface area contributed by atoms with Gasteiger partial charge >= 0.3 is 0 Å². The van der Waals surface area contributed by atoms with Gasteiger partial charge in [-0.2, -0.15) is 0 Å². The van der Waals surface area contributed by atoms with Gasteiger partial charge in [-0.05, 0) is 68.7 Å². The fraction of sp³-hybridized carbons (Fsp3) is 0.652. The Balaban J connectivity index is 1.48. The highest BCUT2D eigenvalue weighted by Gasteiger charge is 2.55. The second kappa shape index (κ2) is 8.26. The van der Waals surface area contributed by atoms with Gasteiger partial charge in [0.25, 0.3) is 5.91 Å². The van der Waals surface area contributed by atoms with E-state index >= 15 is 0 Å². The standard InChI is InChI=1S/C23H29ClN2O5/c1-14-9-23(13-29-11-21(27)25-23)20-10-30-17-5-2-15(3-6-17)18-8-16(24)4-7-19(18)31-12-22(28)26(14)20/h4,7-8,14-15,17,20H,2-3,5-6,9-13H2,1H3,(H,25,27)/t14-,15?,17?,20-,23+/m1/s1. The summed E-state index contributed by atoms with van der Waals surface area (Å²) in [5, 5.41) is 3.82. The number of ether oxygens (including phenoxy) is 3. The zero-order chi connectivity index (χ0) is 21.6. The molecule has 0 aromatic heterocycles. The number of amides is 2. The summed E-state index contributed by atoms with van der Waals surface area (Å²) in [5.41, 5.74) is 0.459. The van der Waals surface area contributed by atoms with Gasteiger partial charge in [0.1, 0.15) is 12.4 Å². The maximum absolute atomic E-state index is 13.3. The number of rotatable bonds is 0. The van der Waals surface area contributed by atoms with E-state index in [1.54, 1.807) is 0 Å². The van der Waals surface area contributed by atoms with Crippen LogP contribution in [0.1, 0.15) is 50.5 Å². The Labute approximate surface area is 187 Å². The van der Waals surface area contributed by atoms with E-state index in [-0.39, 0.29) is 43.2 Å². The largest absolute Gasteiger partial charge is 0.483 e. The van der Waals surface area contributed by atoms with E-state index in [1.165, 1.54) is 0 Å². The van der Waals surface area contributed by atoms with Crippen molar-refractivity contribution in [1.29, 1.82) is 0 Å². The fourth-order valence-electron chi connectivity index (χ4n) is 5.91. The highest BCUT2D eigenvalue weighted by Crippen LogP contribution is 2.41. The lowest BCUT2D eigenvalue weighted by Gasteiger charge is -2.41. The second-order valence-electron chi connectivity index (χ2n) is 9.34. The van der Waals surface area contributed by atoms with Gasteiger partial charge in [0.2, 0.25) is 5.91 Å². The normalized spacial score (nSPS) is 36.0. The van der Waals surface area contributed by atoms with Gasteiger partial charge in [-0.15, -0.1) is 0 Å². The summed E-state index contributed by atoms with van der Waals surface area (Å²) in [6, 6.07) is 5.30. The summed E-state index contributed by atoms with van der Waals surface area (Å²) in [7, 11) is 0. The van der Waals surface area contributed by atoms with Gasteiger partial charge in [-0.3, -0.25) is 9.59 Å². The van der Waals surface area contributed by atoms with E-state index in [9.17, 15) is 9.59 Å². The minimum absolute atomic E-state index is 0.0576. The maximum Gasteiger partial charge on any atom is 0.261 e. The van der Waals surface area contributed by atoms with Crippen LogP contribution in [-0.4, -0.2) is 66.9 Å². The number of hydrogen-bond donors (Lipinski definition) is 1. The van der Waals surface area contributed by atoms with Crippen LogP contribution in [0.2, 0.25) is 5.02 Å². The highest BCUT2D eigenvalue weighted by molar-refractivity contribution is 6.30. The average Bonchev–Trinajstić information content (AvgIpc) is 3.01. The Morgan fingerprint density at radius 2 is 1.97 bits per heavy atom. The molecule has 31 heavy (non-hydrogen) atoms. The lowest BCUT2D eigenvalue weighted by atomic mass is 9.82. The molecule has 1 spiro atoms. The first-order valence-electron chi connectivity index (χ1n) is 11.2. The van der Waals surface area contributed by atoms with Crippen molar-refractivity contribution in [2.75, 3.05) is 26.4 Å². The Kier molecular flexibility index (Phi) is 5.61. The average molecular weight is 449 g/mol. The second-order valence-corrected chi connectivity index (χ2v) is 9.78. The quantitative estimate of drug-likeness (QED) is 0.660. The molecule has 0 unspecified atom stereocenters. The summed E-state index contributed by atoms with van der Waals surface area (Å²) < 4.78 is 18.0. The van der Waals surface area contributed by atoms with E-state index < -0.39 is 5.54 Å². The fourth-order valence-corrected chi connectivity index (χ4v) is 6.09. The number of benzene rings is 1. The molecular weight excluding hydrogens is 420 g/mol. The molecule has 6 rings (SSSR count). The van der Waals surface area contributed by atoms with Crippen LogP contribution in [0.3, 0.4) is 0 Å². The van der Waals surface area contributed by atoms with Crippen molar-refractivity contribution in [3.05, 3.63) is 28.8 Å². The van der Waals surface area contributed by atoms with Crippen LogP contribution in [0, 0.1) is 0 Å². The number of halogens is 1. The smallest absolute Gasteiger partial charge is 0.261 e. The SMILES string of the molecule is C[C@@H]1C[C@]2(COCC(=O)N2)[C@H]2COC3CCC(CC3)c3cc(Cl)ccc3OCC(=O)N12. The van der Waals surface area contributed by atoms with Crippen LogP contribution < -0.4 is 10.1 Å².